The third-order valence-electron chi connectivity index (χ3n) is 4.32. The van der Waals surface area contributed by atoms with E-state index in [2.05, 4.69) is 13.8 Å². The van der Waals surface area contributed by atoms with Crippen LogP contribution < -0.4 is 4.74 Å². The average Bonchev–Trinajstić information content (AvgIpc) is 2.47. The van der Waals surface area contributed by atoms with E-state index < -0.39 is 6.16 Å². The standard InChI is InChI=1S/C17H24O3/c1-3-13(2)14-8-7-11-16(12-14)20-17(18)19-15-9-5-4-6-10-15/h4-6,9-10,13-14,16H,3,7-8,11-12H2,1-2H3. The van der Waals surface area contributed by atoms with Crippen molar-refractivity contribution in [2.75, 3.05) is 0 Å². The van der Waals surface area contributed by atoms with Gasteiger partial charge in [-0.05, 0) is 49.7 Å². The van der Waals surface area contributed by atoms with Gasteiger partial charge in [0.15, 0.2) is 0 Å². The Kier molecular flexibility index (Phi) is 5.45. The first-order chi connectivity index (χ1) is 9.69. The highest BCUT2D eigenvalue weighted by molar-refractivity contribution is 5.63. The lowest BCUT2D eigenvalue weighted by atomic mass is 9.78. The van der Waals surface area contributed by atoms with Gasteiger partial charge in [0, 0.05) is 0 Å². The fourth-order valence-electron chi connectivity index (χ4n) is 2.88. The summed E-state index contributed by atoms with van der Waals surface area (Å²) in [7, 11) is 0. The van der Waals surface area contributed by atoms with Gasteiger partial charge in [-0.15, -0.1) is 0 Å². The highest BCUT2D eigenvalue weighted by atomic mass is 16.7. The van der Waals surface area contributed by atoms with Gasteiger partial charge in [0.2, 0.25) is 0 Å². The van der Waals surface area contributed by atoms with E-state index in [0.29, 0.717) is 17.6 Å². The van der Waals surface area contributed by atoms with E-state index in [1.807, 2.05) is 18.2 Å². The van der Waals surface area contributed by atoms with Crippen LogP contribution in [-0.4, -0.2) is 12.3 Å². The largest absolute Gasteiger partial charge is 0.514 e. The Morgan fingerprint density at radius 1 is 1.30 bits per heavy atom. The molecule has 1 aromatic carbocycles. The fourth-order valence-corrected chi connectivity index (χ4v) is 2.88. The second-order valence-electron chi connectivity index (χ2n) is 5.72. The molecule has 3 unspecified atom stereocenters. The SMILES string of the molecule is CCC(C)C1CCCC(OC(=O)Oc2ccccc2)C1. The molecular weight excluding hydrogens is 252 g/mol. The van der Waals surface area contributed by atoms with E-state index in [0.717, 1.165) is 19.3 Å². The first-order valence-electron chi connectivity index (χ1n) is 7.62. The average molecular weight is 276 g/mol. The van der Waals surface area contributed by atoms with Gasteiger partial charge in [0.05, 0.1) is 0 Å². The summed E-state index contributed by atoms with van der Waals surface area (Å²) in [6.07, 6.45) is 4.94. The second-order valence-corrected chi connectivity index (χ2v) is 5.72. The van der Waals surface area contributed by atoms with Crippen molar-refractivity contribution < 1.29 is 14.3 Å². The number of hydrogen-bond donors (Lipinski definition) is 0. The second kappa shape index (κ2) is 7.32. The van der Waals surface area contributed by atoms with Crippen LogP contribution in [0.5, 0.6) is 5.75 Å². The Hall–Kier alpha value is -1.51. The van der Waals surface area contributed by atoms with Crippen molar-refractivity contribution in [1.29, 1.82) is 0 Å². The van der Waals surface area contributed by atoms with Crippen LogP contribution in [0.4, 0.5) is 4.79 Å². The minimum atomic E-state index is -0.578. The molecule has 1 fully saturated rings. The lowest BCUT2D eigenvalue weighted by Crippen LogP contribution is -2.29. The number of hydrogen-bond acceptors (Lipinski definition) is 3. The van der Waals surface area contributed by atoms with Gasteiger partial charge in [-0.2, -0.15) is 0 Å². The zero-order valence-electron chi connectivity index (χ0n) is 12.4. The van der Waals surface area contributed by atoms with Gasteiger partial charge >= 0.3 is 6.16 Å². The van der Waals surface area contributed by atoms with Gasteiger partial charge in [0.1, 0.15) is 11.9 Å². The molecule has 3 atom stereocenters. The topological polar surface area (TPSA) is 35.5 Å². The van der Waals surface area contributed by atoms with Gasteiger partial charge < -0.3 is 9.47 Å². The predicted molar refractivity (Wildman–Crippen MR) is 78.8 cm³/mol. The summed E-state index contributed by atoms with van der Waals surface area (Å²) in [5, 5.41) is 0. The maximum absolute atomic E-state index is 11.8. The molecule has 0 aromatic heterocycles. The summed E-state index contributed by atoms with van der Waals surface area (Å²) < 4.78 is 10.6. The van der Waals surface area contributed by atoms with Gasteiger partial charge in [0.25, 0.3) is 0 Å². The fraction of sp³-hybridized carbons (Fsp3) is 0.588. The molecular formula is C17H24O3. The van der Waals surface area contributed by atoms with Crippen molar-refractivity contribution in [3.8, 4) is 5.75 Å². The molecule has 3 heteroatoms. The van der Waals surface area contributed by atoms with Crippen LogP contribution in [0.25, 0.3) is 0 Å². The maximum atomic E-state index is 11.8. The highest BCUT2D eigenvalue weighted by Crippen LogP contribution is 2.33. The van der Waals surface area contributed by atoms with E-state index in [4.69, 9.17) is 9.47 Å². The molecule has 1 aromatic rings. The molecule has 0 spiro atoms. The first-order valence-corrected chi connectivity index (χ1v) is 7.62. The van der Waals surface area contributed by atoms with Gasteiger partial charge in [-0.25, -0.2) is 4.79 Å². The van der Waals surface area contributed by atoms with Crippen molar-refractivity contribution >= 4 is 6.16 Å². The van der Waals surface area contributed by atoms with Crippen LogP contribution in [0.3, 0.4) is 0 Å². The van der Waals surface area contributed by atoms with Crippen LogP contribution in [0, 0.1) is 11.8 Å². The number of benzene rings is 1. The smallest absolute Gasteiger partial charge is 0.431 e. The molecule has 0 N–H and O–H groups in total. The van der Waals surface area contributed by atoms with Crippen LogP contribution in [0.2, 0.25) is 0 Å². The highest BCUT2D eigenvalue weighted by Gasteiger charge is 2.28. The van der Waals surface area contributed by atoms with E-state index in [1.54, 1.807) is 12.1 Å². The van der Waals surface area contributed by atoms with Gasteiger partial charge in [-0.1, -0.05) is 38.5 Å². The molecule has 1 saturated carbocycles. The van der Waals surface area contributed by atoms with E-state index in [-0.39, 0.29) is 6.10 Å². The maximum Gasteiger partial charge on any atom is 0.514 e. The molecule has 3 nitrogen and oxygen atoms in total. The Morgan fingerprint density at radius 2 is 2.05 bits per heavy atom. The van der Waals surface area contributed by atoms with Crippen LogP contribution in [0.1, 0.15) is 46.0 Å². The Balaban J connectivity index is 1.82. The number of rotatable bonds is 4. The van der Waals surface area contributed by atoms with Crippen molar-refractivity contribution in [3.63, 3.8) is 0 Å². The summed E-state index contributed by atoms with van der Waals surface area (Å²) in [4.78, 5) is 11.8. The van der Waals surface area contributed by atoms with E-state index in [1.165, 1.54) is 12.8 Å². The molecule has 1 aliphatic carbocycles. The van der Waals surface area contributed by atoms with Crippen molar-refractivity contribution in [2.45, 2.75) is 52.1 Å². The molecule has 0 amide bonds. The number of carbonyl (C=O) groups is 1. The third kappa shape index (κ3) is 4.26. The van der Waals surface area contributed by atoms with Crippen molar-refractivity contribution in [2.24, 2.45) is 11.8 Å². The number of ether oxygens (including phenoxy) is 2. The Morgan fingerprint density at radius 3 is 2.75 bits per heavy atom. The summed E-state index contributed by atoms with van der Waals surface area (Å²) in [6.45, 7) is 4.51. The van der Waals surface area contributed by atoms with Crippen molar-refractivity contribution in [1.82, 2.24) is 0 Å². The van der Waals surface area contributed by atoms with Crippen LogP contribution >= 0.6 is 0 Å². The molecule has 20 heavy (non-hydrogen) atoms. The summed E-state index contributed by atoms with van der Waals surface area (Å²) >= 11 is 0. The van der Waals surface area contributed by atoms with Crippen LogP contribution in [0.15, 0.2) is 30.3 Å². The zero-order valence-corrected chi connectivity index (χ0v) is 12.4. The molecule has 0 aliphatic heterocycles. The molecule has 1 aliphatic rings. The van der Waals surface area contributed by atoms with Crippen molar-refractivity contribution in [3.05, 3.63) is 30.3 Å². The predicted octanol–water partition coefficient (Wildman–Crippen LogP) is 4.81. The minimum Gasteiger partial charge on any atom is -0.431 e. The minimum absolute atomic E-state index is 0.0129. The monoisotopic (exact) mass is 276 g/mol. The normalized spacial score (nSPS) is 23.9. The zero-order chi connectivity index (χ0) is 14.4. The number of carbonyl (C=O) groups excluding carboxylic acids is 1. The third-order valence-corrected chi connectivity index (χ3v) is 4.32. The molecule has 110 valence electrons. The molecule has 0 heterocycles. The summed E-state index contributed by atoms with van der Waals surface area (Å²) in [5.74, 6) is 1.90. The first kappa shape index (κ1) is 14.9. The van der Waals surface area contributed by atoms with Gasteiger partial charge in [-0.3, -0.25) is 0 Å². The molecule has 0 radical (unpaired) electrons. The molecule has 0 bridgehead atoms. The summed E-state index contributed by atoms with van der Waals surface area (Å²) in [5.41, 5.74) is 0. The lowest BCUT2D eigenvalue weighted by molar-refractivity contribution is 0.0225. The lowest BCUT2D eigenvalue weighted by Gasteiger charge is -2.31. The van der Waals surface area contributed by atoms with Crippen LogP contribution in [-0.2, 0) is 4.74 Å². The molecule has 2 rings (SSSR count). The quantitative estimate of drug-likeness (QED) is 0.585. The number of para-hydroxylation sites is 1. The van der Waals surface area contributed by atoms with E-state index in [9.17, 15) is 4.79 Å². The van der Waals surface area contributed by atoms with E-state index >= 15 is 0 Å². The molecule has 0 saturated heterocycles. The Labute approximate surface area is 121 Å². The summed E-state index contributed by atoms with van der Waals surface area (Å²) in [6, 6.07) is 9.06. The Bertz CT molecular complexity index is 416.